The summed E-state index contributed by atoms with van der Waals surface area (Å²) in [6.07, 6.45) is 0.811. The van der Waals surface area contributed by atoms with Crippen LogP contribution < -0.4 is 4.74 Å². The number of rotatable bonds is 3. The van der Waals surface area contributed by atoms with Gasteiger partial charge in [0.15, 0.2) is 0 Å². The van der Waals surface area contributed by atoms with E-state index in [1.165, 1.54) is 5.56 Å². The van der Waals surface area contributed by atoms with Crippen molar-refractivity contribution in [2.45, 2.75) is 13.8 Å². The number of ether oxygens (including phenoxy) is 1. The summed E-state index contributed by atoms with van der Waals surface area (Å²) in [7, 11) is 0. The molecule has 0 spiro atoms. The largest absolute Gasteiger partial charge is 0.456 e. The lowest BCUT2D eigenvalue weighted by atomic mass is 10.1. The lowest BCUT2D eigenvalue weighted by Crippen LogP contribution is -1.90. The fourth-order valence-corrected chi connectivity index (χ4v) is 2.18. The second-order valence-corrected chi connectivity index (χ2v) is 5.03. The van der Waals surface area contributed by atoms with E-state index in [2.05, 4.69) is 22.0 Å². The lowest BCUT2D eigenvalue weighted by molar-refractivity contribution is 0.112. The predicted octanol–water partition coefficient (Wildman–Crippen LogP) is 4.67. The van der Waals surface area contributed by atoms with Crippen molar-refractivity contribution in [3.63, 3.8) is 0 Å². The van der Waals surface area contributed by atoms with E-state index in [1.54, 1.807) is 18.2 Å². The van der Waals surface area contributed by atoms with Crippen molar-refractivity contribution in [2.24, 2.45) is 0 Å². The molecular weight excluding hydrogens is 292 g/mol. The first kappa shape index (κ1) is 12.8. The molecule has 0 saturated heterocycles. The minimum absolute atomic E-state index is 0.620. The van der Waals surface area contributed by atoms with Gasteiger partial charge in [-0.2, -0.15) is 0 Å². The predicted molar refractivity (Wildman–Crippen MR) is 75.5 cm³/mol. The van der Waals surface area contributed by atoms with Crippen LogP contribution in [0.2, 0.25) is 0 Å². The van der Waals surface area contributed by atoms with Crippen LogP contribution >= 0.6 is 15.9 Å². The van der Waals surface area contributed by atoms with Crippen LogP contribution in [0.1, 0.15) is 21.5 Å². The van der Waals surface area contributed by atoms with Crippen molar-refractivity contribution in [2.75, 3.05) is 0 Å². The monoisotopic (exact) mass is 304 g/mol. The molecule has 0 saturated carbocycles. The van der Waals surface area contributed by atoms with Crippen LogP contribution in [-0.4, -0.2) is 6.29 Å². The first-order chi connectivity index (χ1) is 8.60. The van der Waals surface area contributed by atoms with Gasteiger partial charge in [0.25, 0.3) is 0 Å². The van der Waals surface area contributed by atoms with Crippen LogP contribution in [-0.2, 0) is 0 Å². The summed E-state index contributed by atoms with van der Waals surface area (Å²) in [6, 6.07) is 11.3. The summed E-state index contributed by atoms with van der Waals surface area (Å²) in [6.45, 7) is 4.06. The van der Waals surface area contributed by atoms with Gasteiger partial charge < -0.3 is 4.74 Å². The highest BCUT2D eigenvalue weighted by Crippen LogP contribution is 2.32. The average Bonchev–Trinajstić information content (AvgIpc) is 2.34. The van der Waals surface area contributed by atoms with Crippen LogP contribution in [0.3, 0.4) is 0 Å². The van der Waals surface area contributed by atoms with Gasteiger partial charge >= 0.3 is 0 Å². The Hall–Kier alpha value is -1.61. The molecule has 3 heteroatoms. The van der Waals surface area contributed by atoms with E-state index in [1.807, 2.05) is 26.0 Å². The summed E-state index contributed by atoms with van der Waals surface area (Å²) in [4.78, 5) is 10.7. The van der Waals surface area contributed by atoms with E-state index < -0.39 is 0 Å². The maximum absolute atomic E-state index is 10.7. The Bertz CT molecular complexity index is 591. The third kappa shape index (κ3) is 2.79. The molecule has 0 bridgehead atoms. The molecule has 0 aliphatic carbocycles. The molecule has 0 aliphatic heterocycles. The number of benzene rings is 2. The standard InChI is InChI=1S/C15H13BrO2/c1-10-3-5-14(11(2)7-10)18-15-6-4-12(9-17)8-13(15)16/h3-9H,1-2H3. The number of aryl methyl sites for hydroxylation is 2. The average molecular weight is 305 g/mol. The van der Waals surface area contributed by atoms with Crippen molar-refractivity contribution < 1.29 is 9.53 Å². The van der Waals surface area contributed by atoms with Gasteiger partial charge in [-0.05, 0) is 59.6 Å². The molecule has 0 atom stereocenters. The summed E-state index contributed by atoms with van der Waals surface area (Å²) in [5.74, 6) is 1.52. The van der Waals surface area contributed by atoms with Crippen molar-refractivity contribution in [3.05, 3.63) is 57.6 Å². The summed E-state index contributed by atoms with van der Waals surface area (Å²) >= 11 is 3.40. The Morgan fingerprint density at radius 2 is 1.78 bits per heavy atom. The molecule has 92 valence electrons. The highest BCUT2D eigenvalue weighted by molar-refractivity contribution is 9.10. The van der Waals surface area contributed by atoms with Crippen molar-refractivity contribution in [1.82, 2.24) is 0 Å². The molecule has 0 aliphatic rings. The molecular formula is C15H13BrO2. The molecule has 0 aromatic heterocycles. The summed E-state index contributed by atoms with van der Waals surface area (Å²) in [5.41, 5.74) is 2.91. The van der Waals surface area contributed by atoms with Gasteiger partial charge in [0.1, 0.15) is 17.8 Å². The fraction of sp³-hybridized carbons (Fsp3) is 0.133. The highest BCUT2D eigenvalue weighted by atomic mass is 79.9. The number of carbonyl (C=O) groups excluding carboxylic acids is 1. The summed E-state index contributed by atoms with van der Waals surface area (Å²) in [5, 5.41) is 0. The van der Waals surface area contributed by atoms with Crippen LogP contribution in [0.5, 0.6) is 11.5 Å². The Balaban J connectivity index is 2.31. The van der Waals surface area contributed by atoms with E-state index in [4.69, 9.17) is 4.74 Å². The third-order valence-electron chi connectivity index (χ3n) is 2.64. The fourth-order valence-electron chi connectivity index (χ4n) is 1.71. The third-order valence-corrected chi connectivity index (χ3v) is 3.26. The Morgan fingerprint density at radius 1 is 1.06 bits per heavy atom. The Labute approximate surface area is 115 Å². The van der Waals surface area contributed by atoms with E-state index >= 15 is 0 Å². The zero-order chi connectivity index (χ0) is 13.1. The minimum atomic E-state index is 0.620. The highest BCUT2D eigenvalue weighted by Gasteiger charge is 2.06. The molecule has 0 N–H and O–H groups in total. The van der Waals surface area contributed by atoms with Gasteiger partial charge in [0, 0.05) is 5.56 Å². The summed E-state index contributed by atoms with van der Waals surface area (Å²) < 4.78 is 6.60. The van der Waals surface area contributed by atoms with Crippen LogP contribution in [0, 0.1) is 13.8 Å². The van der Waals surface area contributed by atoms with E-state index in [0.717, 1.165) is 22.1 Å². The topological polar surface area (TPSA) is 26.3 Å². The number of aldehydes is 1. The van der Waals surface area contributed by atoms with Gasteiger partial charge in [0.2, 0.25) is 0 Å². The molecule has 0 heterocycles. The van der Waals surface area contributed by atoms with Crippen molar-refractivity contribution in [3.8, 4) is 11.5 Å². The maximum atomic E-state index is 10.7. The quantitative estimate of drug-likeness (QED) is 0.770. The Kier molecular flexibility index (Phi) is 3.82. The van der Waals surface area contributed by atoms with Crippen LogP contribution in [0.25, 0.3) is 0 Å². The maximum Gasteiger partial charge on any atom is 0.150 e. The van der Waals surface area contributed by atoms with E-state index in [-0.39, 0.29) is 0 Å². The van der Waals surface area contributed by atoms with Crippen molar-refractivity contribution >= 4 is 22.2 Å². The van der Waals surface area contributed by atoms with Gasteiger partial charge in [-0.1, -0.05) is 17.7 Å². The van der Waals surface area contributed by atoms with Gasteiger partial charge in [-0.15, -0.1) is 0 Å². The van der Waals surface area contributed by atoms with E-state index in [9.17, 15) is 4.79 Å². The van der Waals surface area contributed by atoms with E-state index in [0.29, 0.717) is 11.3 Å². The lowest BCUT2D eigenvalue weighted by Gasteiger charge is -2.11. The minimum Gasteiger partial charge on any atom is -0.456 e. The zero-order valence-corrected chi connectivity index (χ0v) is 11.8. The van der Waals surface area contributed by atoms with Gasteiger partial charge in [0.05, 0.1) is 4.47 Å². The second kappa shape index (κ2) is 5.36. The molecule has 2 nitrogen and oxygen atoms in total. The van der Waals surface area contributed by atoms with Gasteiger partial charge in [-0.3, -0.25) is 4.79 Å². The molecule has 0 fully saturated rings. The first-order valence-electron chi connectivity index (χ1n) is 5.60. The van der Waals surface area contributed by atoms with Crippen LogP contribution in [0.4, 0.5) is 0 Å². The molecule has 2 rings (SSSR count). The molecule has 0 unspecified atom stereocenters. The number of carbonyl (C=O) groups is 1. The normalized spacial score (nSPS) is 10.2. The Morgan fingerprint density at radius 3 is 2.39 bits per heavy atom. The number of hydrogen-bond acceptors (Lipinski definition) is 2. The molecule has 2 aromatic carbocycles. The van der Waals surface area contributed by atoms with Gasteiger partial charge in [-0.25, -0.2) is 0 Å². The molecule has 2 aromatic rings. The molecule has 18 heavy (non-hydrogen) atoms. The molecule has 0 radical (unpaired) electrons. The van der Waals surface area contributed by atoms with Crippen molar-refractivity contribution in [1.29, 1.82) is 0 Å². The molecule has 0 amide bonds. The van der Waals surface area contributed by atoms with Crippen LogP contribution in [0.15, 0.2) is 40.9 Å². The number of hydrogen-bond donors (Lipinski definition) is 0. The zero-order valence-electron chi connectivity index (χ0n) is 10.2. The number of halogens is 1. The smallest absolute Gasteiger partial charge is 0.150 e. The second-order valence-electron chi connectivity index (χ2n) is 4.18. The first-order valence-corrected chi connectivity index (χ1v) is 6.39. The SMILES string of the molecule is Cc1ccc(Oc2ccc(C=O)cc2Br)c(C)c1.